The van der Waals surface area contributed by atoms with Gasteiger partial charge < -0.3 is 15.0 Å². The smallest absolute Gasteiger partial charge is 0.264 e. The zero-order chi connectivity index (χ0) is 29.3. The van der Waals surface area contributed by atoms with Crippen molar-refractivity contribution in [3.8, 4) is 5.75 Å². The van der Waals surface area contributed by atoms with Crippen LogP contribution in [0.2, 0.25) is 10.0 Å². The highest BCUT2D eigenvalue weighted by Gasteiger charge is 2.34. The van der Waals surface area contributed by atoms with Gasteiger partial charge in [0.25, 0.3) is 10.0 Å². The number of methoxy groups -OCH3 is 1. The Hall–Kier alpha value is -3.27. The third-order valence-electron chi connectivity index (χ3n) is 6.21. The molecule has 0 saturated heterocycles. The van der Waals surface area contributed by atoms with Crippen LogP contribution in [-0.4, -0.2) is 51.4 Å². The van der Waals surface area contributed by atoms with Crippen LogP contribution in [0.25, 0.3) is 0 Å². The summed E-state index contributed by atoms with van der Waals surface area (Å²) in [5, 5.41) is 3.21. The van der Waals surface area contributed by atoms with Crippen molar-refractivity contribution in [2.24, 2.45) is 0 Å². The first-order valence-corrected chi connectivity index (χ1v) is 15.0. The van der Waals surface area contributed by atoms with Gasteiger partial charge in [-0.25, -0.2) is 8.42 Å². The number of benzene rings is 3. The predicted molar refractivity (Wildman–Crippen MR) is 158 cm³/mol. The Balaban J connectivity index is 2.09. The van der Waals surface area contributed by atoms with Crippen molar-refractivity contribution in [3.05, 3.63) is 88.4 Å². The first kappa shape index (κ1) is 31.3. The molecule has 0 aromatic heterocycles. The number of sulfonamides is 1. The number of carbonyl (C=O) groups excluding carboxylic acids is 2. The van der Waals surface area contributed by atoms with E-state index in [-0.39, 0.29) is 33.1 Å². The number of ether oxygens (including phenoxy) is 1. The molecule has 0 heterocycles. The third kappa shape index (κ3) is 7.68. The minimum absolute atomic E-state index is 0.0223. The van der Waals surface area contributed by atoms with Crippen LogP contribution in [0.1, 0.15) is 32.3 Å². The van der Waals surface area contributed by atoms with Crippen molar-refractivity contribution in [3.63, 3.8) is 0 Å². The molecule has 8 nitrogen and oxygen atoms in total. The SMILES string of the molecule is CCCNC(=O)C(CC)N(Cc1cccc(OC)c1)C(=O)CN(c1cc(Cl)ccc1Cl)S(=O)(=O)c1ccccc1. The number of carbonyl (C=O) groups is 2. The van der Waals surface area contributed by atoms with Gasteiger partial charge in [0.1, 0.15) is 18.3 Å². The molecule has 0 saturated carbocycles. The van der Waals surface area contributed by atoms with E-state index in [1.807, 2.05) is 13.0 Å². The van der Waals surface area contributed by atoms with E-state index >= 15 is 0 Å². The Bertz CT molecular complexity index is 1420. The van der Waals surface area contributed by atoms with Crippen LogP contribution in [0.5, 0.6) is 5.75 Å². The molecule has 3 rings (SSSR count). The molecule has 1 N–H and O–H groups in total. The molecule has 0 spiro atoms. The summed E-state index contributed by atoms with van der Waals surface area (Å²) in [4.78, 5) is 28.6. The number of nitrogens with zero attached hydrogens (tertiary/aromatic N) is 2. The summed E-state index contributed by atoms with van der Waals surface area (Å²) < 4.78 is 34.0. The highest BCUT2D eigenvalue weighted by atomic mass is 35.5. The molecule has 0 aliphatic rings. The van der Waals surface area contributed by atoms with E-state index < -0.39 is 28.5 Å². The number of hydrogen-bond acceptors (Lipinski definition) is 5. The number of halogens is 2. The third-order valence-corrected chi connectivity index (χ3v) is 8.54. The lowest BCUT2D eigenvalue weighted by molar-refractivity contribution is -0.140. The van der Waals surface area contributed by atoms with Gasteiger partial charge in [-0.1, -0.05) is 67.4 Å². The summed E-state index contributed by atoms with van der Waals surface area (Å²) in [7, 11) is -2.71. The Morgan fingerprint density at radius 3 is 2.35 bits per heavy atom. The van der Waals surface area contributed by atoms with Crippen LogP contribution < -0.4 is 14.4 Å². The van der Waals surface area contributed by atoms with Gasteiger partial charge in [-0.15, -0.1) is 0 Å². The largest absolute Gasteiger partial charge is 0.497 e. The molecule has 0 aliphatic heterocycles. The molecule has 1 atom stereocenters. The molecule has 0 aliphatic carbocycles. The lowest BCUT2D eigenvalue weighted by Crippen LogP contribution is -2.52. The van der Waals surface area contributed by atoms with E-state index in [2.05, 4.69) is 5.32 Å². The predicted octanol–water partition coefficient (Wildman–Crippen LogP) is 5.53. The maximum atomic E-state index is 14.1. The standard InChI is InChI=1S/C29H33Cl2N3O5S/c1-4-16-32-29(36)26(5-2)33(19-21-10-9-11-23(17-21)39-3)28(35)20-34(27-18-22(30)14-15-25(27)31)40(37,38)24-12-7-6-8-13-24/h6-15,17-18,26H,4-5,16,19-20H2,1-3H3,(H,32,36). The van der Waals surface area contributed by atoms with Gasteiger partial charge in [-0.2, -0.15) is 0 Å². The van der Waals surface area contributed by atoms with Gasteiger partial charge in [0.15, 0.2) is 0 Å². The maximum Gasteiger partial charge on any atom is 0.264 e. The maximum absolute atomic E-state index is 14.1. The molecular weight excluding hydrogens is 573 g/mol. The van der Waals surface area contributed by atoms with Crippen molar-refractivity contribution in [1.82, 2.24) is 10.2 Å². The van der Waals surface area contributed by atoms with Crippen molar-refractivity contribution in [1.29, 1.82) is 0 Å². The molecule has 0 radical (unpaired) electrons. The molecular formula is C29H33Cl2N3O5S. The first-order valence-electron chi connectivity index (χ1n) is 12.8. The number of amides is 2. The van der Waals surface area contributed by atoms with Gasteiger partial charge >= 0.3 is 0 Å². The molecule has 1 unspecified atom stereocenters. The fourth-order valence-electron chi connectivity index (χ4n) is 4.16. The van der Waals surface area contributed by atoms with Crippen LogP contribution in [0.15, 0.2) is 77.7 Å². The van der Waals surface area contributed by atoms with E-state index in [0.717, 1.165) is 10.7 Å². The van der Waals surface area contributed by atoms with E-state index in [4.69, 9.17) is 27.9 Å². The number of hydrogen-bond donors (Lipinski definition) is 1. The summed E-state index contributed by atoms with van der Waals surface area (Å²) in [6.45, 7) is 3.62. The summed E-state index contributed by atoms with van der Waals surface area (Å²) in [6.07, 6.45) is 1.04. The van der Waals surface area contributed by atoms with Crippen LogP contribution in [0.3, 0.4) is 0 Å². The Morgan fingerprint density at radius 2 is 1.70 bits per heavy atom. The van der Waals surface area contributed by atoms with E-state index in [1.54, 1.807) is 43.3 Å². The zero-order valence-electron chi connectivity index (χ0n) is 22.6. The minimum atomic E-state index is -4.25. The summed E-state index contributed by atoms with van der Waals surface area (Å²) >= 11 is 12.7. The molecule has 0 bridgehead atoms. The van der Waals surface area contributed by atoms with Crippen molar-refractivity contribution < 1.29 is 22.7 Å². The molecule has 0 fully saturated rings. The molecule has 11 heteroatoms. The Kier molecular flexibility index (Phi) is 11.2. The van der Waals surface area contributed by atoms with Crippen molar-refractivity contribution in [2.45, 2.75) is 44.2 Å². The van der Waals surface area contributed by atoms with Crippen LogP contribution in [-0.2, 0) is 26.2 Å². The second-order valence-electron chi connectivity index (χ2n) is 9.01. The average molecular weight is 607 g/mol. The fraction of sp³-hybridized carbons (Fsp3) is 0.310. The average Bonchev–Trinajstić information content (AvgIpc) is 2.96. The zero-order valence-corrected chi connectivity index (χ0v) is 25.0. The quantitative estimate of drug-likeness (QED) is 0.276. The molecule has 3 aromatic rings. The fourth-order valence-corrected chi connectivity index (χ4v) is 6.04. The number of nitrogens with one attached hydrogen (secondary N) is 1. The van der Waals surface area contributed by atoms with Gasteiger partial charge in [0, 0.05) is 18.1 Å². The molecule has 214 valence electrons. The van der Waals surface area contributed by atoms with E-state index in [9.17, 15) is 18.0 Å². The Morgan fingerprint density at radius 1 is 0.975 bits per heavy atom. The topological polar surface area (TPSA) is 96.0 Å². The molecule has 40 heavy (non-hydrogen) atoms. The lowest BCUT2D eigenvalue weighted by Gasteiger charge is -2.33. The second-order valence-corrected chi connectivity index (χ2v) is 11.7. The van der Waals surface area contributed by atoms with Crippen molar-refractivity contribution in [2.75, 3.05) is 24.5 Å². The minimum Gasteiger partial charge on any atom is -0.497 e. The van der Waals surface area contributed by atoms with Gasteiger partial charge in [0.05, 0.1) is 22.7 Å². The normalized spacial score (nSPS) is 11.9. The molecule has 2 amide bonds. The number of anilines is 1. The van der Waals surface area contributed by atoms with Crippen molar-refractivity contribution >= 4 is 50.7 Å². The highest BCUT2D eigenvalue weighted by molar-refractivity contribution is 7.92. The lowest BCUT2D eigenvalue weighted by atomic mass is 10.1. The van der Waals surface area contributed by atoms with Crippen LogP contribution >= 0.6 is 23.2 Å². The van der Waals surface area contributed by atoms with Crippen LogP contribution in [0.4, 0.5) is 5.69 Å². The van der Waals surface area contributed by atoms with E-state index in [0.29, 0.717) is 24.3 Å². The van der Waals surface area contributed by atoms with Gasteiger partial charge in [0.2, 0.25) is 11.8 Å². The summed E-state index contributed by atoms with van der Waals surface area (Å²) in [6, 6.07) is 18.4. The van der Waals surface area contributed by atoms with E-state index in [1.165, 1.54) is 42.3 Å². The monoisotopic (exact) mass is 605 g/mol. The first-order chi connectivity index (χ1) is 19.1. The Labute approximate surface area is 245 Å². The summed E-state index contributed by atoms with van der Waals surface area (Å²) in [5.74, 6) is -0.317. The van der Waals surface area contributed by atoms with Gasteiger partial charge in [-0.05, 0) is 60.9 Å². The number of rotatable bonds is 13. The second kappa shape index (κ2) is 14.4. The van der Waals surface area contributed by atoms with Crippen LogP contribution in [0, 0.1) is 0 Å². The highest BCUT2D eigenvalue weighted by Crippen LogP contribution is 2.33. The summed E-state index contributed by atoms with van der Waals surface area (Å²) in [5.41, 5.74) is 0.767. The molecule has 3 aromatic carbocycles. The van der Waals surface area contributed by atoms with Gasteiger partial charge in [-0.3, -0.25) is 13.9 Å².